The first kappa shape index (κ1) is 12.8. The molecule has 0 saturated carbocycles. The maximum atomic E-state index is 10.7. The van der Waals surface area contributed by atoms with Gasteiger partial charge in [0.15, 0.2) is 0 Å². The van der Waals surface area contributed by atoms with E-state index in [9.17, 15) is 4.79 Å². The Kier molecular flexibility index (Phi) is 5.77. The van der Waals surface area contributed by atoms with Crippen molar-refractivity contribution in [3.63, 3.8) is 0 Å². The number of hydrogen-bond donors (Lipinski definition) is 4. The number of aliphatic hydroxyl groups excluding tert-OH is 4. The summed E-state index contributed by atoms with van der Waals surface area (Å²) in [6, 6.07) is 0. The van der Waals surface area contributed by atoms with Crippen molar-refractivity contribution in [3.8, 4) is 0 Å². The Hall–Kier alpha value is -1.18. The zero-order chi connectivity index (χ0) is 11.1. The fourth-order valence-electron chi connectivity index (χ4n) is 0.750. The number of nitrogens with zero attached hydrogens (tertiary/aromatic N) is 3. The van der Waals surface area contributed by atoms with Gasteiger partial charge in [0.05, 0.1) is 18.8 Å². The molecule has 0 aliphatic heterocycles. The fourth-order valence-corrected chi connectivity index (χ4v) is 0.750. The van der Waals surface area contributed by atoms with Crippen LogP contribution < -0.4 is 0 Å². The SMILES string of the molecule is [N-]=[N+]=NC(=O)C(O)C(O)CC(O)CO. The van der Waals surface area contributed by atoms with Gasteiger partial charge < -0.3 is 20.4 Å². The highest BCUT2D eigenvalue weighted by molar-refractivity contribution is 5.81. The van der Waals surface area contributed by atoms with Crippen molar-refractivity contribution in [3.05, 3.63) is 10.4 Å². The highest BCUT2D eigenvalue weighted by Crippen LogP contribution is 2.04. The van der Waals surface area contributed by atoms with E-state index in [1.54, 1.807) is 0 Å². The summed E-state index contributed by atoms with van der Waals surface area (Å²) in [5.74, 6) is -1.23. The van der Waals surface area contributed by atoms with Crippen molar-refractivity contribution in [1.82, 2.24) is 0 Å². The number of aliphatic hydroxyl groups is 4. The Morgan fingerprint density at radius 3 is 2.43 bits per heavy atom. The highest BCUT2D eigenvalue weighted by Gasteiger charge is 2.25. The molecule has 80 valence electrons. The van der Waals surface area contributed by atoms with Gasteiger partial charge in [-0.3, -0.25) is 4.79 Å². The Morgan fingerprint density at radius 1 is 1.43 bits per heavy atom. The van der Waals surface area contributed by atoms with Crippen LogP contribution in [0.4, 0.5) is 0 Å². The van der Waals surface area contributed by atoms with E-state index in [4.69, 9.17) is 26.0 Å². The van der Waals surface area contributed by atoms with E-state index < -0.39 is 30.8 Å². The first-order valence-electron chi connectivity index (χ1n) is 3.77. The number of carbonyl (C=O) groups is 1. The van der Waals surface area contributed by atoms with Gasteiger partial charge in [0.25, 0.3) is 0 Å². The fraction of sp³-hybridized carbons (Fsp3) is 0.833. The molecule has 0 radical (unpaired) electrons. The molecular formula is C6H11N3O5. The van der Waals surface area contributed by atoms with E-state index >= 15 is 0 Å². The number of amides is 1. The first-order valence-corrected chi connectivity index (χ1v) is 3.77. The lowest BCUT2D eigenvalue weighted by Crippen LogP contribution is -2.36. The normalized spacial score (nSPS) is 16.6. The molecule has 8 nitrogen and oxygen atoms in total. The Labute approximate surface area is 79.0 Å². The van der Waals surface area contributed by atoms with Gasteiger partial charge in [-0.05, 0) is 10.6 Å². The van der Waals surface area contributed by atoms with Crippen molar-refractivity contribution in [2.45, 2.75) is 24.7 Å². The maximum Gasteiger partial charge on any atom is 0.249 e. The molecule has 0 saturated heterocycles. The summed E-state index contributed by atoms with van der Waals surface area (Å²) >= 11 is 0. The Morgan fingerprint density at radius 2 is 2.00 bits per heavy atom. The van der Waals surface area contributed by atoms with Crippen LogP contribution >= 0.6 is 0 Å². The molecule has 8 heteroatoms. The van der Waals surface area contributed by atoms with Crippen LogP contribution in [0.25, 0.3) is 10.4 Å². The zero-order valence-electron chi connectivity index (χ0n) is 7.19. The average Bonchev–Trinajstić information content (AvgIpc) is 2.16. The van der Waals surface area contributed by atoms with Crippen molar-refractivity contribution >= 4 is 5.91 Å². The average molecular weight is 205 g/mol. The Balaban J connectivity index is 4.17. The van der Waals surface area contributed by atoms with Crippen molar-refractivity contribution in [1.29, 1.82) is 0 Å². The molecule has 0 heterocycles. The maximum absolute atomic E-state index is 10.7. The molecule has 0 aromatic carbocycles. The van der Waals surface area contributed by atoms with Gasteiger partial charge in [-0.1, -0.05) is 0 Å². The third kappa shape index (κ3) is 4.17. The molecule has 0 bridgehead atoms. The number of hydrogen-bond acceptors (Lipinski definition) is 5. The molecule has 0 spiro atoms. The summed E-state index contributed by atoms with van der Waals surface area (Å²) in [6.45, 7) is -0.598. The van der Waals surface area contributed by atoms with Gasteiger partial charge in [-0.2, -0.15) is 0 Å². The Bertz CT molecular complexity index is 240. The van der Waals surface area contributed by atoms with E-state index in [2.05, 4.69) is 10.0 Å². The minimum Gasteiger partial charge on any atom is -0.394 e. The van der Waals surface area contributed by atoms with E-state index in [1.165, 1.54) is 0 Å². The zero-order valence-corrected chi connectivity index (χ0v) is 7.19. The lowest BCUT2D eigenvalue weighted by molar-refractivity contribution is -0.133. The number of azide groups is 1. The molecule has 14 heavy (non-hydrogen) atoms. The van der Waals surface area contributed by atoms with Crippen LogP contribution in [0.3, 0.4) is 0 Å². The smallest absolute Gasteiger partial charge is 0.249 e. The lowest BCUT2D eigenvalue weighted by atomic mass is 10.1. The summed E-state index contributed by atoms with van der Waals surface area (Å²) in [7, 11) is 0. The molecule has 0 aromatic rings. The molecule has 0 aliphatic carbocycles. The minimum atomic E-state index is -1.88. The third-order valence-electron chi connectivity index (χ3n) is 1.49. The second kappa shape index (κ2) is 6.30. The number of rotatable bonds is 5. The van der Waals surface area contributed by atoms with E-state index in [-0.39, 0.29) is 6.42 Å². The molecule has 0 rings (SSSR count). The molecule has 0 aromatic heterocycles. The van der Waals surface area contributed by atoms with Crippen molar-refractivity contribution in [2.75, 3.05) is 6.61 Å². The second-order valence-corrected chi connectivity index (χ2v) is 2.61. The van der Waals surface area contributed by atoms with E-state index in [1.807, 2.05) is 0 Å². The summed E-state index contributed by atoms with van der Waals surface area (Å²) in [5, 5.41) is 37.9. The highest BCUT2D eigenvalue weighted by atomic mass is 16.3. The standard InChI is InChI=1S/C6H11N3O5/c7-9-8-6(14)5(13)4(12)1-3(11)2-10/h3-5,10-13H,1-2H2. The number of carbonyl (C=O) groups excluding carboxylic acids is 1. The monoisotopic (exact) mass is 205 g/mol. The van der Waals surface area contributed by atoms with Gasteiger partial charge in [0.2, 0.25) is 5.91 Å². The largest absolute Gasteiger partial charge is 0.394 e. The van der Waals surface area contributed by atoms with Crippen LogP contribution in [0.5, 0.6) is 0 Å². The lowest BCUT2D eigenvalue weighted by Gasteiger charge is -2.16. The van der Waals surface area contributed by atoms with Crippen LogP contribution in [0.1, 0.15) is 6.42 Å². The molecule has 0 fully saturated rings. The topological polar surface area (TPSA) is 147 Å². The third-order valence-corrected chi connectivity index (χ3v) is 1.49. The van der Waals surface area contributed by atoms with Crippen LogP contribution in [0, 0.1) is 0 Å². The minimum absolute atomic E-state index is 0.385. The molecule has 1 amide bonds. The van der Waals surface area contributed by atoms with Crippen LogP contribution in [0.15, 0.2) is 5.11 Å². The van der Waals surface area contributed by atoms with Crippen LogP contribution in [-0.2, 0) is 4.79 Å². The van der Waals surface area contributed by atoms with Gasteiger partial charge in [-0.15, -0.1) is 0 Å². The van der Waals surface area contributed by atoms with E-state index in [0.717, 1.165) is 0 Å². The summed E-state index contributed by atoms with van der Waals surface area (Å²) in [5.41, 5.74) is 7.85. The summed E-state index contributed by atoms with van der Waals surface area (Å²) in [4.78, 5) is 12.8. The second-order valence-electron chi connectivity index (χ2n) is 2.61. The van der Waals surface area contributed by atoms with E-state index in [0.29, 0.717) is 0 Å². The summed E-state index contributed by atoms with van der Waals surface area (Å²) in [6.07, 6.45) is -5.08. The van der Waals surface area contributed by atoms with Crippen LogP contribution in [-0.4, -0.2) is 51.3 Å². The molecule has 3 atom stereocenters. The van der Waals surface area contributed by atoms with Gasteiger partial charge >= 0.3 is 0 Å². The van der Waals surface area contributed by atoms with Crippen molar-refractivity contribution < 1.29 is 25.2 Å². The first-order chi connectivity index (χ1) is 6.52. The van der Waals surface area contributed by atoms with Gasteiger partial charge in [-0.25, -0.2) is 0 Å². The summed E-state index contributed by atoms with van der Waals surface area (Å²) < 4.78 is 0. The molecule has 4 N–H and O–H groups in total. The predicted molar refractivity (Wildman–Crippen MR) is 43.9 cm³/mol. The van der Waals surface area contributed by atoms with Gasteiger partial charge in [0.1, 0.15) is 6.10 Å². The predicted octanol–water partition coefficient (Wildman–Crippen LogP) is -1.71. The quantitative estimate of drug-likeness (QED) is 0.239. The van der Waals surface area contributed by atoms with Gasteiger partial charge in [0, 0.05) is 11.3 Å². The molecule has 0 aliphatic rings. The molecular weight excluding hydrogens is 194 g/mol. The van der Waals surface area contributed by atoms with Crippen LogP contribution in [0.2, 0.25) is 0 Å². The molecule has 3 unspecified atom stereocenters. The van der Waals surface area contributed by atoms with Crippen molar-refractivity contribution in [2.24, 2.45) is 5.11 Å².